The first-order valence-corrected chi connectivity index (χ1v) is 7.63. The van der Waals surface area contributed by atoms with E-state index in [0.29, 0.717) is 17.7 Å². The second-order valence-electron chi connectivity index (χ2n) is 5.52. The number of hydrogen-bond donors (Lipinski definition) is 3. The molecule has 0 aromatic heterocycles. The van der Waals surface area contributed by atoms with Crippen molar-refractivity contribution in [2.24, 2.45) is 5.92 Å². The minimum absolute atomic E-state index is 0.0815. The van der Waals surface area contributed by atoms with Gasteiger partial charge in [-0.25, -0.2) is 9.18 Å². The third kappa shape index (κ3) is 4.70. The van der Waals surface area contributed by atoms with Gasteiger partial charge in [-0.15, -0.1) is 0 Å². The van der Waals surface area contributed by atoms with Gasteiger partial charge in [0.25, 0.3) is 0 Å². The number of ether oxygens (including phenoxy) is 1. The molecule has 6 heteroatoms. The molecule has 1 amide bonds. The molecule has 0 fully saturated rings. The number of para-hydroxylation sites is 1. The number of halogens is 1. The first-order valence-electron chi connectivity index (χ1n) is 7.63. The van der Waals surface area contributed by atoms with Crippen molar-refractivity contribution in [3.63, 3.8) is 0 Å². The Morgan fingerprint density at radius 1 is 1.25 bits per heavy atom. The molecule has 0 spiro atoms. The maximum Gasteiger partial charge on any atom is 0.412 e. The fourth-order valence-corrected chi connectivity index (χ4v) is 2.35. The third-order valence-electron chi connectivity index (χ3n) is 3.66. The van der Waals surface area contributed by atoms with Crippen LogP contribution in [0.25, 0.3) is 0 Å². The molecule has 128 valence electrons. The van der Waals surface area contributed by atoms with Gasteiger partial charge in [-0.05, 0) is 42.2 Å². The highest BCUT2D eigenvalue weighted by molar-refractivity contribution is 5.84. The number of rotatable bonds is 6. The van der Waals surface area contributed by atoms with Crippen molar-refractivity contribution in [1.29, 1.82) is 0 Å². The Morgan fingerprint density at radius 2 is 1.96 bits per heavy atom. The summed E-state index contributed by atoms with van der Waals surface area (Å²) in [5, 5.41) is 21.0. The molecule has 0 heterocycles. The van der Waals surface area contributed by atoms with Gasteiger partial charge in [-0.3, -0.25) is 5.32 Å². The van der Waals surface area contributed by atoms with E-state index in [1.807, 2.05) is 6.07 Å². The number of nitrogens with one attached hydrogen (secondary N) is 1. The van der Waals surface area contributed by atoms with Crippen LogP contribution in [0.5, 0.6) is 5.75 Å². The maximum atomic E-state index is 13.6. The van der Waals surface area contributed by atoms with Crippen LogP contribution in [0.4, 0.5) is 14.9 Å². The molecule has 0 aliphatic carbocycles. The molecular weight excluding hydrogens is 313 g/mol. The number of amides is 1. The summed E-state index contributed by atoms with van der Waals surface area (Å²) in [4.78, 5) is 12.1. The number of hydrogen-bond acceptors (Lipinski definition) is 4. The van der Waals surface area contributed by atoms with E-state index >= 15 is 0 Å². The smallest absolute Gasteiger partial charge is 0.412 e. The lowest BCUT2D eigenvalue weighted by Gasteiger charge is -2.24. The molecule has 0 saturated heterocycles. The van der Waals surface area contributed by atoms with Gasteiger partial charge >= 0.3 is 6.09 Å². The van der Waals surface area contributed by atoms with Crippen molar-refractivity contribution in [3.8, 4) is 5.75 Å². The zero-order chi connectivity index (χ0) is 17.5. The lowest BCUT2D eigenvalue weighted by molar-refractivity contribution is 0.0665. The second kappa shape index (κ2) is 8.31. The summed E-state index contributed by atoms with van der Waals surface area (Å²) in [6, 6.07) is 12.6. The van der Waals surface area contributed by atoms with Gasteiger partial charge in [0.2, 0.25) is 0 Å². The summed E-state index contributed by atoms with van der Waals surface area (Å²) in [5.74, 6) is -1.50. The predicted molar refractivity (Wildman–Crippen MR) is 88.2 cm³/mol. The number of aromatic hydroxyl groups is 1. The number of anilines is 1. The van der Waals surface area contributed by atoms with Gasteiger partial charge in [0.15, 0.2) is 11.6 Å². The van der Waals surface area contributed by atoms with Gasteiger partial charge in [0.05, 0.1) is 0 Å². The molecule has 0 radical (unpaired) electrons. The van der Waals surface area contributed by atoms with Crippen molar-refractivity contribution in [2.45, 2.75) is 19.4 Å². The Bertz CT molecular complexity index is 678. The minimum Gasteiger partial charge on any atom is -0.505 e. The standard InChI is InChI=1S/C18H20FNO4/c1-12(9-10-21)17(13-7-8-16(22)15(19)11-13)24-18(23)20-14-5-3-2-4-6-14/h2-8,11-12,17,21-22H,9-10H2,1H3,(H,20,23)/t12-,17+/m1/s1. The van der Waals surface area contributed by atoms with Gasteiger partial charge in [0.1, 0.15) is 6.10 Å². The molecule has 3 N–H and O–H groups in total. The summed E-state index contributed by atoms with van der Waals surface area (Å²) in [6.45, 7) is 1.71. The summed E-state index contributed by atoms with van der Waals surface area (Å²) in [5.41, 5.74) is 0.988. The topological polar surface area (TPSA) is 78.8 Å². The van der Waals surface area contributed by atoms with Crippen LogP contribution in [-0.4, -0.2) is 22.9 Å². The Labute approximate surface area is 139 Å². The molecule has 0 aliphatic rings. The Kier molecular flexibility index (Phi) is 6.14. The monoisotopic (exact) mass is 333 g/mol. The number of carbonyl (C=O) groups excluding carboxylic acids is 1. The molecule has 0 bridgehead atoms. The normalized spacial score (nSPS) is 13.1. The lowest BCUT2D eigenvalue weighted by atomic mass is 9.94. The molecule has 0 saturated carbocycles. The Hall–Kier alpha value is -2.60. The van der Waals surface area contributed by atoms with E-state index < -0.39 is 23.8 Å². The molecule has 2 aromatic carbocycles. The van der Waals surface area contributed by atoms with E-state index in [0.717, 1.165) is 6.07 Å². The number of aliphatic hydroxyl groups excluding tert-OH is 1. The van der Waals surface area contributed by atoms with Gasteiger partial charge in [-0.1, -0.05) is 31.2 Å². The summed E-state index contributed by atoms with van der Waals surface area (Å²) in [7, 11) is 0. The molecule has 0 unspecified atom stereocenters. The minimum atomic E-state index is -0.791. The fraction of sp³-hybridized carbons (Fsp3) is 0.278. The highest BCUT2D eigenvalue weighted by Gasteiger charge is 2.24. The average Bonchev–Trinajstić information content (AvgIpc) is 2.56. The average molecular weight is 333 g/mol. The zero-order valence-corrected chi connectivity index (χ0v) is 13.3. The van der Waals surface area contributed by atoms with Crippen molar-refractivity contribution < 1.29 is 24.1 Å². The Morgan fingerprint density at radius 3 is 2.58 bits per heavy atom. The number of carbonyl (C=O) groups is 1. The predicted octanol–water partition coefficient (Wildman–Crippen LogP) is 3.84. The van der Waals surface area contributed by atoms with Crippen molar-refractivity contribution >= 4 is 11.8 Å². The first-order chi connectivity index (χ1) is 11.5. The van der Waals surface area contributed by atoms with E-state index in [2.05, 4.69) is 5.32 Å². The molecule has 2 aromatic rings. The van der Waals surface area contributed by atoms with Crippen LogP contribution in [-0.2, 0) is 4.74 Å². The van der Waals surface area contributed by atoms with Crippen LogP contribution >= 0.6 is 0 Å². The largest absolute Gasteiger partial charge is 0.505 e. The first kappa shape index (κ1) is 17.7. The third-order valence-corrected chi connectivity index (χ3v) is 3.66. The van der Waals surface area contributed by atoms with Gasteiger partial charge in [-0.2, -0.15) is 0 Å². The van der Waals surface area contributed by atoms with Crippen molar-refractivity contribution in [3.05, 3.63) is 59.9 Å². The fourth-order valence-electron chi connectivity index (χ4n) is 2.35. The number of benzene rings is 2. The van der Waals surface area contributed by atoms with Crippen LogP contribution in [0.1, 0.15) is 25.0 Å². The van der Waals surface area contributed by atoms with Crippen LogP contribution in [0, 0.1) is 11.7 Å². The van der Waals surface area contributed by atoms with E-state index in [-0.39, 0.29) is 12.5 Å². The molecule has 24 heavy (non-hydrogen) atoms. The second-order valence-corrected chi connectivity index (χ2v) is 5.52. The van der Waals surface area contributed by atoms with Crippen molar-refractivity contribution in [1.82, 2.24) is 0 Å². The van der Waals surface area contributed by atoms with Crippen LogP contribution in [0.2, 0.25) is 0 Å². The number of phenols is 1. The Balaban J connectivity index is 2.16. The van der Waals surface area contributed by atoms with Crippen LogP contribution in [0.3, 0.4) is 0 Å². The van der Waals surface area contributed by atoms with Gasteiger partial charge in [0, 0.05) is 12.3 Å². The van der Waals surface area contributed by atoms with Gasteiger partial charge < -0.3 is 14.9 Å². The van der Waals surface area contributed by atoms with E-state index in [9.17, 15) is 14.3 Å². The van der Waals surface area contributed by atoms with E-state index in [4.69, 9.17) is 9.84 Å². The quantitative estimate of drug-likeness (QED) is 0.750. The number of phenolic OH excluding ortho intramolecular Hbond substituents is 1. The molecule has 2 rings (SSSR count). The summed E-state index contributed by atoms with van der Waals surface area (Å²) in [6.07, 6.45) is -1.05. The molecule has 5 nitrogen and oxygen atoms in total. The van der Waals surface area contributed by atoms with E-state index in [1.54, 1.807) is 31.2 Å². The molecule has 0 aliphatic heterocycles. The van der Waals surface area contributed by atoms with Crippen LogP contribution in [0.15, 0.2) is 48.5 Å². The van der Waals surface area contributed by atoms with Crippen molar-refractivity contribution in [2.75, 3.05) is 11.9 Å². The summed E-state index contributed by atoms with van der Waals surface area (Å²) >= 11 is 0. The summed E-state index contributed by atoms with van der Waals surface area (Å²) < 4.78 is 19.1. The SMILES string of the molecule is C[C@H](CCO)[C@H](OC(=O)Nc1ccccc1)c1ccc(O)c(F)c1. The van der Waals surface area contributed by atoms with Crippen LogP contribution < -0.4 is 5.32 Å². The number of aliphatic hydroxyl groups is 1. The molecule has 2 atom stereocenters. The zero-order valence-electron chi connectivity index (χ0n) is 13.3. The molecular formula is C18H20FNO4. The highest BCUT2D eigenvalue weighted by atomic mass is 19.1. The highest BCUT2D eigenvalue weighted by Crippen LogP contribution is 2.31. The van der Waals surface area contributed by atoms with E-state index in [1.165, 1.54) is 12.1 Å². The lowest BCUT2D eigenvalue weighted by Crippen LogP contribution is -2.22. The maximum absolute atomic E-state index is 13.6.